The van der Waals surface area contributed by atoms with Gasteiger partial charge in [-0.05, 0) is 43.0 Å². The molecule has 1 aromatic heterocycles. The lowest BCUT2D eigenvalue weighted by molar-refractivity contribution is -0.274. The molecule has 0 amide bonds. The molecule has 1 aliphatic rings. The van der Waals surface area contributed by atoms with Gasteiger partial charge >= 0.3 is 12.1 Å². The second-order valence-electron chi connectivity index (χ2n) is 6.57. The first-order valence-corrected chi connectivity index (χ1v) is 8.81. The van der Waals surface area contributed by atoms with Gasteiger partial charge in [0.2, 0.25) is 0 Å². The zero-order valence-corrected chi connectivity index (χ0v) is 15.0. The predicted molar refractivity (Wildman–Crippen MR) is 95.7 cm³/mol. The predicted octanol–water partition coefficient (Wildman–Crippen LogP) is 4.84. The summed E-state index contributed by atoms with van der Waals surface area (Å²) in [5.74, 6) is -0.718. The summed E-state index contributed by atoms with van der Waals surface area (Å²) in [6.07, 6.45) is -5.22. The van der Waals surface area contributed by atoms with Gasteiger partial charge in [0, 0.05) is 11.5 Å². The summed E-state index contributed by atoms with van der Waals surface area (Å²) in [4.78, 5) is 16.8. The van der Waals surface area contributed by atoms with E-state index in [2.05, 4.69) is 9.72 Å². The molecule has 0 radical (unpaired) electrons. The third-order valence-electron chi connectivity index (χ3n) is 4.56. The van der Waals surface area contributed by atoms with Crippen LogP contribution < -0.4 is 10.4 Å². The molecule has 3 aromatic rings. The van der Waals surface area contributed by atoms with E-state index in [1.807, 2.05) is 0 Å². The van der Waals surface area contributed by atoms with Crippen LogP contribution in [0.4, 0.5) is 17.6 Å². The van der Waals surface area contributed by atoms with Gasteiger partial charge in [0.05, 0.1) is 21.9 Å². The zero-order valence-electron chi connectivity index (χ0n) is 14.2. The second-order valence-corrected chi connectivity index (χ2v) is 6.98. The Kier molecular flexibility index (Phi) is 4.53. The van der Waals surface area contributed by atoms with Crippen molar-refractivity contribution in [3.63, 3.8) is 0 Å². The summed E-state index contributed by atoms with van der Waals surface area (Å²) in [7, 11) is 0. The minimum atomic E-state index is -4.88. The van der Waals surface area contributed by atoms with Crippen LogP contribution in [0.15, 0.2) is 47.3 Å². The van der Waals surface area contributed by atoms with Gasteiger partial charge in [0.15, 0.2) is 0 Å². The van der Waals surface area contributed by atoms with E-state index in [1.165, 1.54) is 6.07 Å². The smallest absolute Gasteiger partial charge is 0.406 e. The number of ether oxygens (including phenoxy) is 1. The Balaban J connectivity index is 1.95. The van der Waals surface area contributed by atoms with Crippen molar-refractivity contribution >= 4 is 22.5 Å². The van der Waals surface area contributed by atoms with Crippen LogP contribution in [0.2, 0.25) is 5.02 Å². The maximum Gasteiger partial charge on any atom is 0.573 e. The van der Waals surface area contributed by atoms with Gasteiger partial charge in [-0.15, -0.1) is 13.2 Å². The molecule has 1 heterocycles. The largest absolute Gasteiger partial charge is 0.573 e. The van der Waals surface area contributed by atoms with E-state index >= 15 is 0 Å². The molecular weight excluding hydrogens is 400 g/mol. The molecule has 9 heteroatoms. The summed E-state index contributed by atoms with van der Waals surface area (Å²) in [5, 5.41) is 0.668. The lowest BCUT2D eigenvalue weighted by Gasteiger charge is -2.15. The van der Waals surface area contributed by atoms with Crippen LogP contribution in [-0.4, -0.2) is 22.1 Å². The van der Waals surface area contributed by atoms with Gasteiger partial charge in [-0.1, -0.05) is 23.7 Å². The lowest BCUT2D eigenvalue weighted by Crippen LogP contribution is -2.24. The molecule has 1 aliphatic carbocycles. The highest BCUT2D eigenvalue weighted by Crippen LogP contribution is 2.38. The van der Waals surface area contributed by atoms with Crippen LogP contribution in [-0.2, 0) is 6.42 Å². The average Bonchev–Trinajstić information content (AvgIpc) is 3.29. The van der Waals surface area contributed by atoms with Crippen LogP contribution >= 0.6 is 11.6 Å². The summed E-state index contributed by atoms with van der Waals surface area (Å²) in [6, 6.07) is 10.0. The number of benzene rings is 2. The van der Waals surface area contributed by atoms with Gasteiger partial charge in [-0.25, -0.2) is 9.18 Å². The van der Waals surface area contributed by atoms with Crippen molar-refractivity contribution in [2.45, 2.75) is 25.4 Å². The van der Waals surface area contributed by atoms with E-state index in [1.54, 1.807) is 24.3 Å². The second kappa shape index (κ2) is 6.77. The summed E-state index contributed by atoms with van der Waals surface area (Å²) < 4.78 is 56.4. The fourth-order valence-electron chi connectivity index (χ4n) is 3.16. The molecule has 28 heavy (non-hydrogen) atoms. The molecule has 0 aliphatic heterocycles. The Hall–Kier alpha value is -2.61. The number of nitrogens with zero attached hydrogens (tertiary/aromatic N) is 2. The first-order chi connectivity index (χ1) is 13.2. The Bertz CT molecular complexity index is 1110. The van der Waals surface area contributed by atoms with Crippen LogP contribution in [0.5, 0.6) is 5.75 Å². The highest BCUT2D eigenvalue weighted by Gasteiger charge is 2.38. The monoisotopic (exact) mass is 412 g/mol. The number of halogens is 5. The van der Waals surface area contributed by atoms with Gasteiger partial charge in [0.25, 0.3) is 0 Å². The molecule has 0 unspecified atom stereocenters. The van der Waals surface area contributed by atoms with Crippen molar-refractivity contribution < 1.29 is 22.3 Å². The first-order valence-electron chi connectivity index (χ1n) is 8.43. The normalized spacial score (nSPS) is 19.0. The number of alkyl halides is 4. The number of hydrogen-bond donors (Lipinski definition) is 0. The standard InChI is InChI=1S/C19H13ClF4N2O2/c20-13-3-1-2-4-16(13)26-17-9-11(28-19(22,23)24)5-6-12(17)15(25-18(26)27)8-10-7-14(10)21/h1-6,9-10,14H,7-8H2/t10-,14+/m1/s1. The van der Waals surface area contributed by atoms with E-state index in [4.69, 9.17) is 11.6 Å². The van der Waals surface area contributed by atoms with Gasteiger partial charge in [0.1, 0.15) is 11.9 Å². The van der Waals surface area contributed by atoms with Crippen molar-refractivity contribution in [2.24, 2.45) is 5.92 Å². The van der Waals surface area contributed by atoms with E-state index in [9.17, 15) is 22.4 Å². The summed E-state index contributed by atoms with van der Waals surface area (Å²) in [6.45, 7) is 0. The van der Waals surface area contributed by atoms with Crippen LogP contribution in [0.25, 0.3) is 16.6 Å². The Labute approximate surface area is 161 Å². The Morgan fingerprint density at radius 2 is 1.93 bits per heavy atom. The highest BCUT2D eigenvalue weighted by molar-refractivity contribution is 6.32. The fourth-order valence-corrected chi connectivity index (χ4v) is 3.38. The summed E-state index contributed by atoms with van der Waals surface area (Å²) >= 11 is 6.18. The van der Waals surface area contributed by atoms with Crippen molar-refractivity contribution in [2.75, 3.05) is 0 Å². The Morgan fingerprint density at radius 3 is 2.57 bits per heavy atom. The van der Waals surface area contributed by atoms with Crippen LogP contribution in [0.3, 0.4) is 0 Å². The van der Waals surface area contributed by atoms with Crippen LogP contribution in [0.1, 0.15) is 12.1 Å². The van der Waals surface area contributed by atoms with Crippen molar-refractivity contribution in [3.8, 4) is 11.4 Å². The van der Waals surface area contributed by atoms with Gasteiger partial charge < -0.3 is 4.74 Å². The van der Waals surface area contributed by atoms with Crippen molar-refractivity contribution in [1.82, 2.24) is 9.55 Å². The number of para-hydroxylation sites is 1. The molecule has 1 fully saturated rings. The van der Waals surface area contributed by atoms with Gasteiger partial charge in [-0.2, -0.15) is 4.98 Å². The molecule has 2 atom stereocenters. The maximum absolute atomic E-state index is 13.3. The van der Waals surface area contributed by atoms with Crippen molar-refractivity contribution in [3.05, 3.63) is 63.7 Å². The topological polar surface area (TPSA) is 44.1 Å². The van der Waals surface area contributed by atoms with Crippen LogP contribution in [0, 0.1) is 5.92 Å². The van der Waals surface area contributed by atoms with Gasteiger partial charge in [-0.3, -0.25) is 4.57 Å². The SMILES string of the molecule is O=c1nc(C[C@H]2C[C@@H]2F)c2ccc(OC(F)(F)F)cc2n1-c1ccccc1Cl. The van der Waals surface area contributed by atoms with E-state index in [-0.39, 0.29) is 28.6 Å². The summed E-state index contributed by atoms with van der Waals surface area (Å²) in [5.41, 5.74) is 0.0564. The quantitative estimate of drug-likeness (QED) is 0.576. The molecule has 4 rings (SSSR count). The molecule has 146 valence electrons. The number of fused-ring (bicyclic) bond motifs is 1. The van der Waals surface area contributed by atoms with E-state index in [0.29, 0.717) is 17.5 Å². The third kappa shape index (κ3) is 3.69. The molecule has 4 nitrogen and oxygen atoms in total. The van der Waals surface area contributed by atoms with E-state index < -0.39 is 24.0 Å². The first kappa shape index (κ1) is 18.7. The number of rotatable bonds is 4. The third-order valence-corrected chi connectivity index (χ3v) is 4.88. The molecule has 0 bridgehead atoms. The molecule has 0 spiro atoms. The minimum absolute atomic E-state index is 0.154. The average molecular weight is 413 g/mol. The Morgan fingerprint density at radius 1 is 1.21 bits per heavy atom. The minimum Gasteiger partial charge on any atom is -0.406 e. The fraction of sp³-hybridized carbons (Fsp3) is 0.263. The molecular formula is C19H13ClF4N2O2. The molecule has 2 aromatic carbocycles. The lowest BCUT2D eigenvalue weighted by atomic mass is 10.1. The van der Waals surface area contributed by atoms with E-state index in [0.717, 1.165) is 16.7 Å². The number of aromatic nitrogens is 2. The highest BCUT2D eigenvalue weighted by atomic mass is 35.5. The molecule has 1 saturated carbocycles. The number of hydrogen-bond acceptors (Lipinski definition) is 3. The molecule has 0 saturated heterocycles. The van der Waals surface area contributed by atoms with Crippen molar-refractivity contribution in [1.29, 1.82) is 0 Å². The zero-order chi connectivity index (χ0) is 20.1. The molecule has 0 N–H and O–H groups in total. The maximum atomic E-state index is 13.3.